The Morgan fingerprint density at radius 1 is 0.966 bits per heavy atom. The standard InChI is InChI=1S/C25H48N2O2/c1-5-7-18-25(22-14-10-8-11-15-22,23-16-12-9-13-17-23)21-24(28)26(6-2)19-20-27(3,4)29/h22-23H,5-21H2,1-4H3. The Balaban J connectivity index is 2.24. The molecule has 0 bridgehead atoms. The van der Waals surface area contributed by atoms with Crippen molar-refractivity contribution >= 4 is 5.91 Å². The first kappa shape index (κ1) is 24.7. The maximum absolute atomic E-state index is 13.6. The van der Waals surface area contributed by atoms with E-state index in [1.54, 1.807) is 14.1 Å². The van der Waals surface area contributed by atoms with E-state index in [-0.39, 0.29) is 10.1 Å². The second kappa shape index (κ2) is 11.7. The van der Waals surface area contributed by atoms with Gasteiger partial charge in [-0.25, -0.2) is 0 Å². The molecule has 0 aliphatic heterocycles. The van der Waals surface area contributed by atoms with Crippen molar-refractivity contribution in [2.45, 2.75) is 104 Å². The number of quaternary nitrogens is 1. The number of amides is 1. The van der Waals surface area contributed by atoms with Crippen LogP contribution in [0.5, 0.6) is 0 Å². The molecular formula is C25H48N2O2. The van der Waals surface area contributed by atoms with Crippen molar-refractivity contribution in [3.05, 3.63) is 5.21 Å². The predicted molar refractivity (Wildman–Crippen MR) is 122 cm³/mol. The first-order chi connectivity index (χ1) is 13.8. The Hall–Kier alpha value is -0.610. The Morgan fingerprint density at radius 2 is 1.48 bits per heavy atom. The number of nitrogens with zero attached hydrogens (tertiary/aromatic N) is 2. The molecule has 29 heavy (non-hydrogen) atoms. The van der Waals surface area contributed by atoms with Crippen LogP contribution < -0.4 is 0 Å². The Morgan fingerprint density at radius 3 is 1.90 bits per heavy atom. The molecule has 4 heteroatoms. The molecule has 170 valence electrons. The molecule has 0 aromatic rings. The lowest BCUT2D eigenvalue weighted by molar-refractivity contribution is -0.839. The molecule has 0 radical (unpaired) electrons. The highest BCUT2D eigenvalue weighted by Crippen LogP contribution is 2.54. The van der Waals surface area contributed by atoms with Gasteiger partial charge in [-0.3, -0.25) is 4.79 Å². The van der Waals surface area contributed by atoms with Gasteiger partial charge in [0.05, 0.1) is 27.2 Å². The van der Waals surface area contributed by atoms with Crippen molar-refractivity contribution in [2.75, 3.05) is 33.7 Å². The molecule has 2 aliphatic carbocycles. The lowest BCUT2D eigenvalue weighted by atomic mass is 9.55. The van der Waals surface area contributed by atoms with Crippen molar-refractivity contribution in [3.8, 4) is 0 Å². The largest absolute Gasteiger partial charge is 0.633 e. The minimum Gasteiger partial charge on any atom is -0.633 e. The second-order valence-electron chi connectivity index (χ2n) is 10.5. The third-order valence-electron chi connectivity index (χ3n) is 7.96. The highest BCUT2D eigenvalue weighted by atomic mass is 16.5. The molecule has 0 spiro atoms. The van der Waals surface area contributed by atoms with E-state index < -0.39 is 0 Å². The van der Waals surface area contributed by atoms with Crippen molar-refractivity contribution in [1.29, 1.82) is 0 Å². The normalized spacial score (nSPS) is 20.0. The topological polar surface area (TPSA) is 43.4 Å². The molecule has 0 N–H and O–H groups in total. The monoisotopic (exact) mass is 408 g/mol. The average molecular weight is 409 g/mol. The molecule has 2 fully saturated rings. The number of hydrogen-bond acceptors (Lipinski definition) is 2. The summed E-state index contributed by atoms with van der Waals surface area (Å²) >= 11 is 0. The van der Waals surface area contributed by atoms with Crippen LogP contribution in [0, 0.1) is 22.5 Å². The third-order valence-corrected chi connectivity index (χ3v) is 7.96. The van der Waals surface area contributed by atoms with Gasteiger partial charge in [0.25, 0.3) is 0 Å². The number of rotatable bonds is 11. The SMILES string of the molecule is CCCCC(CC(=O)N(CC)CC[N+](C)(C)[O-])(C1CCCCC1)C1CCCCC1. The number of carbonyl (C=O) groups excluding carboxylic acids is 1. The van der Waals surface area contributed by atoms with E-state index in [9.17, 15) is 10.0 Å². The summed E-state index contributed by atoms with van der Waals surface area (Å²) in [4.78, 5) is 15.5. The van der Waals surface area contributed by atoms with Crippen LogP contribution in [-0.4, -0.2) is 49.2 Å². The summed E-state index contributed by atoms with van der Waals surface area (Å²) in [6.45, 7) is 6.15. The lowest BCUT2D eigenvalue weighted by Gasteiger charge is -2.50. The Labute approximate surface area is 180 Å². The summed E-state index contributed by atoms with van der Waals surface area (Å²) in [5.41, 5.74) is 0.198. The van der Waals surface area contributed by atoms with E-state index in [0.717, 1.165) is 24.8 Å². The lowest BCUT2D eigenvalue weighted by Crippen LogP contribution is -2.47. The van der Waals surface area contributed by atoms with Crippen molar-refractivity contribution in [2.24, 2.45) is 17.3 Å². The minimum absolute atomic E-state index is 0.198. The first-order valence-corrected chi connectivity index (χ1v) is 12.6. The molecule has 4 nitrogen and oxygen atoms in total. The van der Waals surface area contributed by atoms with Gasteiger partial charge in [-0.2, -0.15) is 0 Å². The Bertz CT molecular complexity index is 456. The molecule has 2 rings (SSSR count). The fourth-order valence-corrected chi connectivity index (χ4v) is 6.19. The third kappa shape index (κ3) is 7.24. The molecular weight excluding hydrogens is 360 g/mol. The highest BCUT2D eigenvalue weighted by Gasteiger charge is 2.46. The fourth-order valence-electron chi connectivity index (χ4n) is 6.19. The quantitative estimate of drug-likeness (QED) is 0.304. The van der Waals surface area contributed by atoms with Crippen LogP contribution in [0.3, 0.4) is 0 Å². The van der Waals surface area contributed by atoms with Gasteiger partial charge in [-0.1, -0.05) is 58.3 Å². The number of hydrogen-bond donors (Lipinski definition) is 0. The minimum atomic E-state index is -0.323. The Kier molecular flexibility index (Phi) is 9.94. The van der Waals surface area contributed by atoms with Crippen LogP contribution in [-0.2, 0) is 4.79 Å². The summed E-state index contributed by atoms with van der Waals surface area (Å²) in [5, 5.41) is 12.1. The maximum Gasteiger partial charge on any atom is 0.223 e. The van der Waals surface area contributed by atoms with Crippen LogP contribution >= 0.6 is 0 Å². The summed E-state index contributed by atoms with van der Waals surface area (Å²) in [7, 11) is 3.35. The number of unbranched alkanes of at least 4 members (excludes halogenated alkanes) is 1. The summed E-state index contributed by atoms with van der Waals surface area (Å²) in [5.74, 6) is 1.76. The van der Waals surface area contributed by atoms with Gasteiger partial charge in [-0.05, 0) is 56.3 Å². The molecule has 2 aliphatic rings. The van der Waals surface area contributed by atoms with E-state index in [2.05, 4.69) is 13.8 Å². The maximum atomic E-state index is 13.6. The van der Waals surface area contributed by atoms with E-state index in [0.29, 0.717) is 19.0 Å². The van der Waals surface area contributed by atoms with Gasteiger partial charge < -0.3 is 14.8 Å². The van der Waals surface area contributed by atoms with Crippen molar-refractivity contribution < 1.29 is 9.44 Å². The summed E-state index contributed by atoms with van der Waals surface area (Å²) in [6, 6.07) is 0. The molecule has 0 heterocycles. The zero-order valence-corrected chi connectivity index (χ0v) is 19.9. The van der Waals surface area contributed by atoms with Crippen LogP contribution in [0.4, 0.5) is 0 Å². The summed E-state index contributed by atoms with van der Waals surface area (Å²) < 4.78 is -0.323. The number of carbonyl (C=O) groups is 1. The molecule has 0 aromatic heterocycles. The van der Waals surface area contributed by atoms with Crippen LogP contribution in [0.1, 0.15) is 104 Å². The predicted octanol–water partition coefficient (Wildman–Crippen LogP) is 6.14. The van der Waals surface area contributed by atoms with Gasteiger partial charge >= 0.3 is 0 Å². The van der Waals surface area contributed by atoms with Gasteiger partial charge in [0.2, 0.25) is 5.91 Å². The zero-order valence-electron chi connectivity index (χ0n) is 19.9. The summed E-state index contributed by atoms with van der Waals surface area (Å²) in [6.07, 6.45) is 17.8. The van der Waals surface area contributed by atoms with Gasteiger partial charge in [-0.15, -0.1) is 0 Å². The van der Waals surface area contributed by atoms with Crippen LogP contribution in [0.25, 0.3) is 0 Å². The zero-order chi connectivity index (χ0) is 21.3. The van der Waals surface area contributed by atoms with E-state index in [1.165, 1.54) is 83.5 Å². The van der Waals surface area contributed by atoms with E-state index in [4.69, 9.17) is 0 Å². The van der Waals surface area contributed by atoms with Crippen LogP contribution in [0.2, 0.25) is 0 Å². The van der Waals surface area contributed by atoms with Crippen LogP contribution in [0.15, 0.2) is 0 Å². The molecule has 0 aromatic carbocycles. The molecule has 0 atom stereocenters. The van der Waals surface area contributed by atoms with Gasteiger partial charge in [0.15, 0.2) is 0 Å². The smallest absolute Gasteiger partial charge is 0.223 e. The molecule has 2 saturated carbocycles. The molecule has 1 amide bonds. The number of hydroxylamine groups is 3. The van der Waals surface area contributed by atoms with Crippen molar-refractivity contribution in [3.63, 3.8) is 0 Å². The van der Waals surface area contributed by atoms with Crippen molar-refractivity contribution in [1.82, 2.24) is 4.90 Å². The fraction of sp³-hybridized carbons (Fsp3) is 0.960. The van der Waals surface area contributed by atoms with E-state index >= 15 is 0 Å². The first-order valence-electron chi connectivity index (χ1n) is 12.6. The highest BCUT2D eigenvalue weighted by molar-refractivity contribution is 5.77. The molecule has 0 unspecified atom stereocenters. The van der Waals surface area contributed by atoms with Gasteiger partial charge in [0, 0.05) is 13.0 Å². The second-order valence-corrected chi connectivity index (χ2v) is 10.5. The number of likely N-dealkylation sites (N-methyl/N-ethyl adjacent to an activating group) is 2. The van der Waals surface area contributed by atoms with Gasteiger partial charge in [0.1, 0.15) is 0 Å². The van der Waals surface area contributed by atoms with E-state index in [1.807, 2.05) is 4.90 Å². The molecule has 0 saturated heterocycles. The average Bonchev–Trinajstić information content (AvgIpc) is 2.72.